The molecule has 0 saturated carbocycles. The summed E-state index contributed by atoms with van der Waals surface area (Å²) in [5.74, 6) is 0.917. The molecule has 11 heteroatoms. The Labute approximate surface area is 184 Å². The quantitative estimate of drug-likeness (QED) is 0.426. The molecule has 164 valence electrons. The third kappa shape index (κ3) is 4.83. The number of benzene rings is 2. The summed E-state index contributed by atoms with van der Waals surface area (Å²) in [6.07, 6.45) is -4.42. The van der Waals surface area contributed by atoms with E-state index in [0.717, 1.165) is 17.7 Å². The lowest BCUT2D eigenvalue weighted by Gasteiger charge is -2.09. The van der Waals surface area contributed by atoms with Crippen molar-refractivity contribution in [2.75, 3.05) is 18.2 Å². The molecule has 0 spiro atoms. The molecule has 32 heavy (non-hydrogen) atoms. The molecular formula is C21H16F3N5O2S. The molecule has 0 aliphatic carbocycles. The molecule has 0 fully saturated rings. The van der Waals surface area contributed by atoms with Crippen LogP contribution in [-0.4, -0.2) is 38.6 Å². The molecule has 0 bridgehead atoms. The summed E-state index contributed by atoms with van der Waals surface area (Å²) in [7, 11) is 1.58. The SMILES string of the molecule is COc1ccc(-c2nnc3ccc(SCC(=O)Nc4ccc(C(F)(F)F)cc4)nn23)cc1. The number of aromatic nitrogens is 4. The van der Waals surface area contributed by atoms with Gasteiger partial charge in [0.1, 0.15) is 10.8 Å². The van der Waals surface area contributed by atoms with Gasteiger partial charge in [0.2, 0.25) is 5.91 Å². The topological polar surface area (TPSA) is 81.4 Å². The summed E-state index contributed by atoms with van der Waals surface area (Å²) in [5, 5.41) is 15.9. The largest absolute Gasteiger partial charge is 0.497 e. The smallest absolute Gasteiger partial charge is 0.416 e. The second-order valence-electron chi connectivity index (χ2n) is 6.61. The van der Waals surface area contributed by atoms with Crippen molar-refractivity contribution in [2.45, 2.75) is 11.2 Å². The predicted octanol–water partition coefficient (Wildman–Crippen LogP) is 4.55. The normalized spacial score (nSPS) is 11.5. The summed E-state index contributed by atoms with van der Waals surface area (Å²) >= 11 is 1.18. The third-order valence-electron chi connectivity index (χ3n) is 4.43. The van der Waals surface area contributed by atoms with Gasteiger partial charge in [0.15, 0.2) is 11.5 Å². The van der Waals surface area contributed by atoms with Crippen LogP contribution in [0, 0.1) is 0 Å². The molecule has 0 aliphatic rings. The van der Waals surface area contributed by atoms with Crippen molar-refractivity contribution in [3.05, 3.63) is 66.2 Å². The highest BCUT2D eigenvalue weighted by Crippen LogP contribution is 2.30. The van der Waals surface area contributed by atoms with E-state index in [1.807, 2.05) is 12.1 Å². The number of methoxy groups -OCH3 is 1. The molecular weight excluding hydrogens is 443 g/mol. The summed E-state index contributed by atoms with van der Waals surface area (Å²) in [6, 6.07) is 15.0. The van der Waals surface area contributed by atoms with Gasteiger partial charge in [-0.3, -0.25) is 4.79 Å². The molecule has 0 aliphatic heterocycles. The number of halogens is 3. The molecule has 4 rings (SSSR count). The highest BCUT2D eigenvalue weighted by molar-refractivity contribution is 7.99. The van der Waals surface area contributed by atoms with Gasteiger partial charge in [-0.15, -0.1) is 10.2 Å². The van der Waals surface area contributed by atoms with Gasteiger partial charge in [-0.25, -0.2) is 0 Å². The first-order valence-electron chi connectivity index (χ1n) is 9.30. The van der Waals surface area contributed by atoms with E-state index in [9.17, 15) is 18.0 Å². The van der Waals surface area contributed by atoms with Gasteiger partial charge in [0, 0.05) is 11.3 Å². The zero-order valence-corrected chi connectivity index (χ0v) is 17.4. The monoisotopic (exact) mass is 459 g/mol. The van der Waals surface area contributed by atoms with Crippen molar-refractivity contribution in [1.29, 1.82) is 0 Å². The Morgan fingerprint density at radius 1 is 1.03 bits per heavy atom. The highest BCUT2D eigenvalue weighted by atomic mass is 32.2. The molecule has 1 N–H and O–H groups in total. The Kier molecular flexibility index (Phi) is 5.99. The second kappa shape index (κ2) is 8.87. The standard InChI is InChI=1S/C21H16F3N5O2S/c1-31-16-8-2-13(3-9-16)20-27-26-17-10-11-19(28-29(17)20)32-12-18(30)25-15-6-4-14(5-7-15)21(22,23)24/h2-11H,12H2,1H3,(H,25,30). The Bertz CT molecular complexity index is 1240. The molecule has 2 aromatic carbocycles. The van der Waals surface area contributed by atoms with E-state index >= 15 is 0 Å². The van der Waals surface area contributed by atoms with Crippen LogP contribution < -0.4 is 10.1 Å². The number of ether oxygens (including phenoxy) is 1. The Balaban J connectivity index is 1.43. The number of hydrogen-bond donors (Lipinski definition) is 1. The number of fused-ring (bicyclic) bond motifs is 1. The number of amides is 1. The number of carbonyl (C=O) groups is 1. The van der Waals surface area contributed by atoms with Gasteiger partial charge in [-0.05, 0) is 60.7 Å². The zero-order valence-electron chi connectivity index (χ0n) is 16.6. The average molecular weight is 459 g/mol. The molecule has 4 aromatic rings. The van der Waals surface area contributed by atoms with Crippen LogP contribution in [-0.2, 0) is 11.0 Å². The number of carbonyl (C=O) groups excluding carboxylic acids is 1. The number of thioether (sulfide) groups is 1. The van der Waals surface area contributed by atoms with Gasteiger partial charge in [0.25, 0.3) is 0 Å². The van der Waals surface area contributed by atoms with Crippen LogP contribution in [0.4, 0.5) is 18.9 Å². The number of hydrogen-bond acceptors (Lipinski definition) is 6. The lowest BCUT2D eigenvalue weighted by Crippen LogP contribution is -2.14. The molecule has 1 amide bonds. The minimum Gasteiger partial charge on any atom is -0.497 e. The van der Waals surface area contributed by atoms with Crippen molar-refractivity contribution in [1.82, 2.24) is 19.8 Å². The van der Waals surface area contributed by atoms with Gasteiger partial charge >= 0.3 is 6.18 Å². The molecule has 0 unspecified atom stereocenters. The molecule has 7 nitrogen and oxygen atoms in total. The fraction of sp³-hybridized carbons (Fsp3) is 0.143. The van der Waals surface area contributed by atoms with E-state index < -0.39 is 11.7 Å². The van der Waals surface area contributed by atoms with E-state index in [1.165, 1.54) is 23.9 Å². The Hall–Kier alpha value is -3.60. The number of anilines is 1. The average Bonchev–Trinajstić information content (AvgIpc) is 3.21. The summed E-state index contributed by atoms with van der Waals surface area (Å²) in [5.41, 5.74) is 0.860. The second-order valence-corrected chi connectivity index (χ2v) is 7.60. The van der Waals surface area contributed by atoms with Crippen molar-refractivity contribution >= 4 is 29.0 Å². The third-order valence-corrected chi connectivity index (χ3v) is 5.35. The van der Waals surface area contributed by atoms with Crippen LogP contribution >= 0.6 is 11.8 Å². The lowest BCUT2D eigenvalue weighted by molar-refractivity contribution is -0.137. The summed E-state index contributed by atoms with van der Waals surface area (Å²) in [4.78, 5) is 12.2. The van der Waals surface area contributed by atoms with Crippen LogP contribution in [0.2, 0.25) is 0 Å². The minimum atomic E-state index is -4.42. The van der Waals surface area contributed by atoms with Gasteiger partial charge < -0.3 is 10.1 Å². The fourth-order valence-electron chi connectivity index (χ4n) is 2.85. The number of nitrogens with one attached hydrogen (secondary N) is 1. The van der Waals surface area contributed by atoms with Crippen molar-refractivity contribution in [3.8, 4) is 17.1 Å². The lowest BCUT2D eigenvalue weighted by atomic mass is 10.2. The van der Waals surface area contributed by atoms with Crippen molar-refractivity contribution in [2.24, 2.45) is 0 Å². The fourth-order valence-corrected chi connectivity index (χ4v) is 3.50. The minimum absolute atomic E-state index is 0.0273. The van der Waals surface area contributed by atoms with E-state index in [1.54, 1.807) is 35.9 Å². The van der Waals surface area contributed by atoms with Gasteiger partial charge in [-0.1, -0.05) is 11.8 Å². The van der Waals surface area contributed by atoms with Gasteiger partial charge in [0.05, 0.1) is 18.4 Å². The summed E-state index contributed by atoms with van der Waals surface area (Å²) in [6.45, 7) is 0. The summed E-state index contributed by atoms with van der Waals surface area (Å²) < 4.78 is 44.6. The molecule has 0 atom stereocenters. The molecule has 2 heterocycles. The first kappa shape index (κ1) is 21.6. The first-order chi connectivity index (χ1) is 15.3. The highest BCUT2D eigenvalue weighted by Gasteiger charge is 2.30. The van der Waals surface area contributed by atoms with Crippen LogP contribution in [0.3, 0.4) is 0 Å². The van der Waals surface area contributed by atoms with E-state index in [2.05, 4.69) is 20.6 Å². The molecule has 0 radical (unpaired) electrons. The van der Waals surface area contributed by atoms with E-state index in [0.29, 0.717) is 22.2 Å². The van der Waals surface area contributed by atoms with E-state index in [4.69, 9.17) is 4.74 Å². The maximum absolute atomic E-state index is 12.6. The number of nitrogens with zero attached hydrogens (tertiary/aromatic N) is 4. The molecule has 0 saturated heterocycles. The molecule has 2 aromatic heterocycles. The van der Waals surface area contributed by atoms with Crippen molar-refractivity contribution in [3.63, 3.8) is 0 Å². The van der Waals surface area contributed by atoms with Gasteiger partial charge in [-0.2, -0.15) is 22.8 Å². The Morgan fingerprint density at radius 3 is 2.41 bits per heavy atom. The van der Waals surface area contributed by atoms with Crippen LogP contribution in [0.5, 0.6) is 5.75 Å². The van der Waals surface area contributed by atoms with Crippen LogP contribution in [0.25, 0.3) is 17.0 Å². The number of rotatable bonds is 6. The van der Waals surface area contributed by atoms with Crippen molar-refractivity contribution < 1.29 is 22.7 Å². The predicted molar refractivity (Wildman–Crippen MR) is 114 cm³/mol. The maximum atomic E-state index is 12.6. The van der Waals surface area contributed by atoms with Crippen LogP contribution in [0.15, 0.2) is 65.7 Å². The van der Waals surface area contributed by atoms with E-state index in [-0.39, 0.29) is 17.3 Å². The number of alkyl halides is 3. The zero-order chi connectivity index (χ0) is 22.7. The maximum Gasteiger partial charge on any atom is 0.416 e. The first-order valence-corrected chi connectivity index (χ1v) is 10.3. The Morgan fingerprint density at radius 2 is 1.75 bits per heavy atom. The van der Waals surface area contributed by atoms with Crippen LogP contribution in [0.1, 0.15) is 5.56 Å².